The minimum absolute atomic E-state index is 0.299. The van der Waals surface area contributed by atoms with Gasteiger partial charge in [-0.25, -0.2) is 0 Å². The van der Waals surface area contributed by atoms with Gasteiger partial charge < -0.3 is 4.90 Å². The van der Waals surface area contributed by atoms with Gasteiger partial charge in [0.05, 0.1) is 0 Å². The number of carbonyl (C=O) groups excluding carboxylic acids is 1. The lowest BCUT2D eigenvalue weighted by atomic mass is 9.68. The second kappa shape index (κ2) is 6.60. The van der Waals surface area contributed by atoms with E-state index in [0.717, 1.165) is 38.3 Å². The fourth-order valence-corrected chi connectivity index (χ4v) is 3.76. The molecule has 0 spiro atoms. The van der Waals surface area contributed by atoms with E-state index < -0.39 is 0 Å². The predicted molar refractivity (Wildman–Crippen MR) is 84.7 cm³/mol. The van der Waals surface area contributed by atoms with Crippen LogP contribution in [0.15, 0.2) is 0 Å². The van der Waals surface area contributed by atoms with Crippen LogP contribution in [-0.4, -0.2) is 30.3 Å². The number of ketones is 1. The van der Waals surface area contributed by atoms with Crippen LogP contribution in [0.1, 0.15) is 66.2 Å². The normalized spacial score (nSPS) is 28.8. The van der Waals surface area contributed by atoms with E-state index in [1.165, 1.54) is 25.8 Å². The summed E-state index contributed by atoms with van der Waals surface area (Å²) in [5, 5.41) is 0. The summed E-state index contributed by atoms with van der Waals surface area (Å²) in [7, 11) is 0. The molecule has 2 saturated carbocycles. The van der Waals surface area contributed by atoms with Gasteiger partial charge in [-0.3, -0.25) is 4.79 Å². The van der Waals surface area contributed by atoms with Crippen LogP contribution in [0, 0.1) is 23.2 Å². The third kappa shape index (κ3) is 4.07. The van der Waals surface area contributed by atoms with E-state index in [2.05, 4.69) is 32.6 Å². The molecular formula is C18H33NO. The molecule has 2 aliphatic carbocycles. The maximum absolute atomic E-state index is 12.3. The van der Waals surface area contributed by atoms with E-state index >= 15 is 0 Å². The number of hydrogen-bond donors (Lipinski definition) is 0. The summed E-state index contributed by atoms with van der Waals surface area (Å²) < 4.78 is 0. The van der Waals surface area contributed by atoms with E-state index in [1.807, 2.05) is 0 Å². The smallest absolute Gasteiger partial charge is 0.137 e. The molecule has 2 fully saturated rings. The summed E-state index contributed by atoms with van der Waals surface area (Å²) in [4.78, 5) is 14.8. The number of nitrogens with zero attached hydrogens (tertiary/aromatic N) is 1. The maximum atomic E-state index is 12.3. The van der Waals surface area contributed by atoms with E-state index in [9.17, 15) is 4.79 Å². The molecule has 0 heterocycles. The van der Waals surface area contributed by atoms with Gasteiger partial charge >= 0.3 is 0 Å². The second-order valence-electron chi connectivity index (χ2n) is 8.15. The minimum atomic E-state index is 0.299. The van der Waals surface area contributed by atoms with E-state index in [1.54, 1.807) is 0 Å². The molecule has 0 amide bonds. The molecule has 2 heteroatoms. The zero-order valence-electron chi connectivity index (χ0n) is 14.0. The van der Waals surface area contributed by atoms with Crippen LogP contribution in [0.3, 0.4) is 0 Å². The maximum Gasteiger partial charge on any atom is 0.137 e. The first-order chi connectivity index (χ1) is 9.40. The van der Waals surface area contributed by atoms with Crippen LogP contribution in [0.5, 0.6) is 0 Å². The van der Waals surface area contributed by atoms with Crippen molar-refractivity contribution in [3.63, 3.8) is 0 Å². The van der Waals surface area contributed by atoms with Crippen molar-refractivity contribution in [1.29, 1.82) is 0 Å². The Morgan fingerprint density at radius 1 is 1.15 bits per heavy atom. The van der Waals surface area contributed by atoms with Crippen LogP contribution < -0.4 is 0 Å². The zero-order chi connectivity index (χ0) is 14.8. The highest BCUT2D eigenvalue weighted by Gasteiger charge is 2.35. The Morgan fingerprint density at radius 3 is 2.35 bits per heavy atom. The monoisotopic (exact) mass is 279 g/mol. The van der Waals surface area contributed by atoms with E-state index in [0.29, 0.717) is 23.0 Å². The summed E-state index contributed by atoms with van der Waals surface area (Å²) in [6.45, 7) is 12.6. The molecule has 2 unspecified atom stereocenters. The summed E-state index contributed by atoms with van der Waals surface area (Å²) in [6, 6.07) is 0. The molecule has 0 aromatic carbocycles. The Morgan fingerprint density at radius 2 is 1.85 bits per heavy atom. The Balaban J connectivity index is 1.89. The highest BCUT2D eigenvalue weighted by atomic mass is 16.1. The molecule has 0 N–H and O–H groups in total. The van der Waals surface area contributed by atoms with Gasteiger partial charge in [0.15, 0.2) is 0 Å². The average molecular weight is 279 g/mol. The van der Waals surface area contributed by atoms with E-state index in [4.69, 9.17) is 0 Å². The highest BCUT2D eigenvalue weighted by molar-refractivity contribution is 5.82. The molecule has 0 aromatic rings. The predicted octanol–water partition coefficient (Wildman–Crippen LogP) is 4.14. The van der Waals surface area contributed by atoms with Crippen LogP contribution in [-0.2, 0) is 4.79 Å². The van der Waals surface area contributed by atoms with E-state index in [-0.39, 0.29) is 0 Å². The third-order valence-corrected chi connectivity index (χ3v) is 5.66. The van der Waals surface area contributed by atoms with Crippen LogP contribution in [0.4, 0.5) is 0 Å². The van der Waals surface area contributed by atoms with Gasteiger partial charge in [-0.2, -0.15) is 0 Å². The van der Waals surface area contributed by atoms with Crippen molar-refractivity contribution in [2.75, 3.05) is 19.6 Å². The van der Waals surface area contributed by atoms with Crippen molar-refractivity contribution in [3.8, 4) is 0 Å². The molecule has 0 aliphatic heterocycles. The van der Waals surface area contributed by atoms with Crippen molar-refractivity contribution in [2.45, 2.75) is 66.2 Å². The van der Waals surface area contributed by atoms with Crippen molar-refractivity contribution < 1.29 is 4.79 Å². The number of rotatable bonds is 5. The molecule has 116 valence electrons. The lowest BCUT2D eigenvalue weighted by Gasteiger charge is -2.39. The SMILES string of the molecule is CCN(CC1CCC1)CC1CC(C(C)(C)C)CCC1=O. The Bertz CT molecular complexity index is 327. The molecule has 2 rings (SSSR count). The van der Waals surface area contributed by atoms with Crippen LogP contribution in [0.25, 0.3) is 0 Å². The second-order valence-corrected chi connectivity index (χ2v) is 8.15. The Labute approximate surface area is 125 Å². The van der Waals surface area contributed by atoms with Gasteiger partial charge in [0.2, 0.25) is 0 Å². The lowest BCUT2D eigenvalue weighted by Crippen LogP contribution is -2.41. The number of hydrogen-bond acceptors (Lipinski definition) is 2. The summed E-state index contributed by atoms with van der Waals surface area (Å²) >= 11 is 0. The van der Waals surface area contributed by atoms with Crippen molar-refractivity contribution >= 4 is 5.78 Å². The molecule has 0 bridgehead atoms. The average Bonchev–Trinajstić information content (AvgIpc) is 2.32. The molecule has 2 atom stereocenters. The summed E-state index contributed by atoms with van der Waals surface area (Å²) in [6.07, 6.45) is 7.25. The molecule has 2 aliphatic rings. The van der Waals surface area contributed by atoms with Gasteiger partial charge in [-0.1, -0.05) is 34.1 Å². The Kier molecular flexibility index (Phi) is 5.28. The largest absolute Gasteiger partial charge is 0.303 e. The summed E-state index contributed by atoms with van der Waals surface area (Å²) in [5.74, 6) is 2.45. The van der Waals surface area contributed by atoms with Gasteiger partial charge in [-0.15, -0.1) is 0 Å². The van der Waals surface area contributed by atoms with Gasteiger partial charge in [0.1, 0.15) is 5.78 Å². The first-order valence-corrected chi connectivity index (χ1v) is 8.65. The van der Waals surface area contributed by atoms with Crippen molar-refractivity contribution in [3.05, 3.63) is 0 Å². The minimum Gasteiger partial charge on any atom is -0.303 e. The molecule has 0 radical (unpaired) electrons. The fourth-order valence-electron chi connectivity index (χ4n) is 3.76. The topological polar surface area (TPSA) is 20.3 Å². The first kappa shape index (κ1) is 16.0. The molecule has 2 nitrogen and oxygen atoms in total. The van der Waals surface area contributed by atoms with Gasteiger partial charge in [0.25, 0.3) is 0 Å². The zero-order valence-corrected chi connectivity index (χ0v) is 14.0. The lowest BCUT2D eigenvalue weighted by molar-refractivity contribution is -0.127. The third-order valence-electron chi connectivity index (χ3n) is 5.66. The number of carbonyl (C=O) groups is 1. The molecule has 0 saturated heterocycles. The summed E-state index contributed by atoms with van der Waals surface area (Å²) in [5.41, 5.74) is 0.351. The molecular weight excluding hydrogens is 246 g/mol. The fraction of sp³-hybridized carbons (Fsp3) is 0.944. The van der Waals surface area contributed by atoms with Crippen molar-refractivity contribution in [1.82, 2.24) is 4.90 Å². The standard InChI is InChI=1S/C18H33NO/c1-5-19(12-14-7-6-8-14)13-15-11-16(18(2,3)4)9-10-17(15)20/h14-16H,5-13H2,1-4H3. The van der Waals surface area contributed by atoms with Crippen LogP contribution in [0.2, 0.25) is 0 Å². The van der Waals surface area contributed by atoms with Gasteiger partial charge in [-0.05, 0) is 49.5 Å². The number of Topliss-reactive ketones (excluding diaryl/α,β-unsaturated/α-hetero) is 1. The first-order valence-electron chi connectivity index (χ1n) is 8.65. The van der Waals surface area contributed by atoms with Crippen LogP contribution >= 0.6 is 0 Å². The molecule has 0 aromatic heterocycles. The quantitative estimate of drug-likeness (QED) is 0.754. The van der Waals surface area contributed by atoms with Gasteiger partial charge in [0, 0.05) is 25.4 Å². The Hall–Kier alpha value is -0.370. The molecule has 20 heavy (non-hydrogen) atoms. The highest BCUT2D eigenvalue weighted by Crippen LogP contribution is 2.39. The van der Waals surface area contributed by atoms with Crippen molar-refractivity contribution in [2.24, 2.45) is 23.2 Å².